The van der Waals surface area contributed by atoms with E-state index in [2.05, 4.69) is 50.9 Å². The second-order valence-electron chi connectivity index (χ2n) is 14.3. The maximum Gasteiger partial charge on any atom is 0.320 e. The number of rotatable bonds is 6. The number of H-pyrrole nitrogens is 2. The highest BCUT2D eigenvalue weighted by atomic mass is 16.2. The molecule has 0 radical (unpaired) electrons. The highest BCUT2D eigenvalue weighted by Crippen LogP contribution is 2.34. The van der Waals surface area contributed by atoms with Crippen molar-refractivity contribution >= 4 is 11.9 Å². The second-order valence-corrected chi connectivity index (χ2v) is 14.3. The zero-order chi connectivity index (χ0) is 36.3. The second kappa shape index (κ2) is 15.1. The number of carbonyl (C=O) groups excluding carboxylic acids is 2. The number of aromatic amines is 2. The number of likely N-dealkylation sites (N-methyl/N-ethyl adjacent to an activating group) is 1. The van der Waals surface area contributed by atoms with Crippen molar-refractivity contribution < 1.29 is 9.59 Å². The first-order valence-electron chi connectivity index (χ1n) is 18.6. The van der Waals surface area contributed by atoms with Crippen LogP contribution in [0.4, 0.5) is 4.79 Å². The van der Waals surface area contributed by atoms with Crippen molar-refractivity contribution in [3.63, 3.8) is 0 Å². The first kappa shape index (κ1) is 34.4. The predicted molar refractivity (Wildman–Crippen MR) is 204 cm³/mol. The van der Waals surface area contributed by atoms with Crippen LogP contribution in [0.15, 0.2) is 91.3 Å². The number of amides is 3. The number of carbonyl (C=O) groups is 2. The van der Waals surface area contributed by atoms with E-state index in [-0.39, 0.29) is 24.0 Å². The molecule has 3 saturated heterocycles. The van der Waals surface area contributed by atoms with Gasteiger partial charge in [0.15, 0.2) is 0 Å². The molecule has 3 aliphatic rings. The fraction of sp³-hybridized carbons (Fsp3) is 0.333. The van der Waals surface area contributed by atoms with E-state index in [1.165, 1.54) is 0 Å². The highest BCUT2D eigenvalue weighted by molar-refractivity contribution is 5.83. The fourth-order valence-corrected chi connectivity index (χ4v) is 7.67. The average Bonchev–Trinajstić information content (AvgIpc) is 4.04. The normalized spacial score (nSPS) is 19.6. The molecule has 11 nitrogen and oxygen atoms in total. The standard InChI is InChI=1S/C42H45N9O2/c1-48-23-25-49(26-24-48)42(53)51-22-6-10-37(51)40-45-28-35(47-40)32-19-15-30(16-20-32)12-11-29-13-17-31(18-14-29)34-27-44-39(46-34)36-9-5-21-50(36)41(52)38(43)33-7-3-2-4-8-33/h2-4,7-8,13-20,27-28,36-38H,5-6,9-10,21-26,43H2,1H3,(H,44,46)(H,45,47)/t36-,37-,38+/m0/s1. The molecule has 4 N–H and O–H groups in total. The molecule has 5 heterocycles. The molecule has 11 heteroatoms. The zero-order valence-corrected chi connectivity index (χ0v) is 30.0. The topological polar surface area (TPSA) is 130 Å². The molecular formula is C42H45N9O2. The number of nitrogens with two attached hydrogens (primary N) is 1. The van der Waals surface area contributed by atoms with E-state index in [1.54, 1.807) is 0 Å². The predicted octanol–water partition coefficient (Wildman–Crippen LogP) is 5.73. The summed E-state index contributed by atoms with van der Waals surface area (Å²) in [4.78, 5) is 51.1. The lowest BCUT2D eigenvalue weighted by Gasteiger charge is -2.36. The summed E-state index contributed by atoms with van der Waals surface area (Å²) in [5.74, 6) is 8.11. The molecule has 5 aromatic rings. The van der Waals surface area contributed by atoms with Gasteiger partial charge in [-0.3, -0.25) is 4.79 Å². The van der Waals surface area contributed by atoms with Crippen LogP contribution < -0.4 is 5.73 Å². The van der Waals surface area contributed by atoms with Crippen molar-refractivity contribution in [2.75, 3.05) is 46.3 Å². The van der Waals surface area contributed by atoms with Gasteiger partial charge in [0, 0.05) is 50.4 Å². The Balaban J connectivity index is 0.885. The first-order valence-corrected chi connectivity index (χ1v) is 18.6. The van der Waals surface area contributed by atoms with Crippen LogP contribution in [0.5, 0.6) is 0 Å². The van der Waals surface area contributed by atoms with Crippen LogP contribution in [0, 0.1) is 11.8 Å². The minimum atomic E-state index is -0.693. The number of urea groups is 1. The van der Waals surface area contributed by atoms with Gasteiger partial charge >= 0.3 is 6.03 Å². The number of benzene rings is 3. The Morgan fingerprint density at radius 1 is 0.698 bits per heavy atom. The van der Waals surface area contributed by atoms with E-state index < -0.39 is 6.04 Å². The number of likely N-dealkylation sites (tertiary alicyclic amines) is 2. The maximum absolute atomic E-state index is 13.3. The van der Waals surface area contributed by atoms with Gasteiger partial charge in [-0.25, -0.2) is 14.8 Å². The minimum absolute atomic E-state index is 0.0271. The quantitative estimate of drug-likeness (QED) is 0.193. The lowest BCUT2D eigenvalue weighted by atomic mass is 10.1. The first-order chi connectivity index (χ1) is 25.9. The van der Waals surface area contributed by atoms with Crippen molar-refractivity contribution in [3.05, 3.63) is 120 Å². The largest absolute Gasteiger partial charge is 0.340 e. The Kier molecular flexibility index (Phi) is 9.80. The Morgan fingerprint density at radius 3 is 1.75 bits per heavy atom. The summed E-state index contributed by atoms with van der Waals surface area (Å²) in [6.07, 6.45) is 7.34. The molecule has 53 heavy (non-hydrogen) atoms. The Bertz CT molecular complexity index is 2100. The lowest BCUT2D eigenvalue weighted by Crippen LogP contribution is -2.51. The molecule has 0 aliphatic carbocycles. The molecule has 3 aliphatic heterocycles. The molecule has 270 valence electrons. The van der Waals surface area contributed by atoms with E-state index in [4.69, 9.17) is 10.7 Å². The number of imidazole rings is 2. The van der Waals surface area contributed by atoms with Crippen LogP contribution in [0.2, 0.25) is 0 Å². The van der Waals surface area contributed by atoms with Gasteiger partial charge in [-0.2, -0.15) is 0 Å². The van der Waals surface area contributed by atoms with Crippen LogP contribution in [0.25, 0.3) is 22.5 Å². The number of hydrogen-bond donors (Lipinski definition) is 3. The Hall–Kier alpha value is -5.70. The number of piperazine rings is 1. The van der Waals surface area contributed by atoms with Gasteiger partial charge < -0.3 is 35.3 Å². The Labute approximate surface area is 310 Å². The third-order valence-corrected chi connectivity index (χ3v) is 10.8. The molecule has 0 saturated carbocycles. The van der Waals surface area contributed by atoms with Gasteiger partial charge in [0.25, 0.3) is 0 Å². The third-order valence-electron chi connectivity index (χ3n) is 10.8. The average molecular weight is 708 g/mol. The summed E-state index contributed by atoms with van der Waals surface area (Å²) in [6.45, 7) is 4.79. The van der Waals surface area contributed by atoms with Gasteiger partial charge in [-0.15, -0.1) is 0 Å². The van der Waals surface area contributed by atoms with E-state index in [1.807, 2.05) is 93.8 Å². The Morgan fingerprint density at radius 2 is 1.21 bits per heavy atom. The van der Waals surface area contributed by atoms with E-state index in [0.717, 1.165) is 109 Å². The minimum Gasteiger partial charge on any atom is -0.340 e. The van der Waals surface area contributed by atoms with Crippen molar-refractivity contribution in [2.24, 2.45) is 5.73 Å². The van der Waals surface area contributed by atoms with Crippen LogP contribution in [0.3, 0.4) is 0 Å². The molecule has 0 bridgehead atoms. The van der Waals surface area contributed by atoms with Crippen LogP contribution >= 0.6 is 0 Å². The van der Waals surface area contributed by atoms with Crippen LogP contribution in [-0.4, -0.2) is 97.8 Å². The van der Waals surface area contributed by atoms with Crippen molar-refractivity contribution in [1.82, 2.24) is 39.5 Å². The third kappa shape index (κ3) is 7.33. The maximum atomic E-state index is 13.3. The van der Waals surface area contributed by atoms with Crippen LogP contribution in [0.1, 0.15) is 72.1 Å². The van der Waals surface area contributed by atoms with Gasteiger partial charge in [-0.1, -0.05) is 66.4 Å². The van der Waals surface area contributed by atoms with E-state index >= 15 is 0 Å². The summed E-state index contributed by atoms with van der Waals surface area (Å²) >= 11 is 0. The molecule has 3 atom stereocenters. The molecule has 0 unspecified atom stereocenters. The summed E-state index contributed by atoms with van der Waals surface area (Å²) in [6, 6.07) is 25.0. The van der Waals surface area contributed by atoms with Crippen molar-refractivity contribution in [1.29, 1.82) is 0 Å². The SMILES string of the molecule is CN1CCN(C(=O)N2CCC[C@H]2c2ncc(-c3ccc(C#Cc4ccc(-c5cnc([C@@H]6CCCN6C(=O)[C@H](N)c6ccccc6)[nH]5)cc4)cc3)[nH]2)CC1. The molecule has 0 spiro atoms. The molecule has 2 aromatic heterocycles. The fourth-order valence-electron chi connectivity index (χ4n) is 7.67. The number of hydrogen-bond acceptors (Lipinski definition) is 6. The van der Waals surface area contributed by atoms with Crippen molar-refractivity contribution in [2.45, 2.75) is 43.8 Å². The summed E-state index contributed by atoms with van der Waals surface area (Å²) in [7, 11) is 2.10. The molecule has 3 aromatic carbocycles. The number of aromatic nitrogens is 4. The summed E-state index contributed by atoms with van der Waals surface area (Å²) in [5, 5.41) is 0. The zero-order valence-electron chi connectivity index (χ0n) is 30.0. The molecule has 3 amide bonds. The molecule has 3 fully saturated rings. The van der Waals surface area contributed by atoms with E-state index in [9.17, 15) is 9.59 Å². The smallest absolute Gasteiger partial charge is 0.320 e. The molecule has 8 rings (SSSR count). The van der Waals surface area contributed by atoms with Crippen LogP contribution in [-0.2, 0) is 4.79 Å². The molecular weight excluding hydrogens is 663 g/mol. The summed E-state index contributed by atoms with van der Waals surface area (Å²) in [5.41, 5.74) is 12.9. The van der Waals surface area contributed by atoms with Gasteiger partial charge in [0.05, 0.1) is 35.9 Å². The number of nitrogens with zero attached hydrogens (tertiary/aromatic N) is 6. The number of nitrogens with one attached hydrogen (secondary N) is 2. The summed E-state index contributed by atoms with van der Waals surface area (Å²) < 4.78 is 0. The van der Waals surface area contributed by atoms with Gasteiger partial charge in [0.2, 0.25) is 5.91 Å². The van der Waals surface area contributed by atoms with Gasteiger partial charge in [0.1, 0.15) is 17.7 Å². The van der Waals surface area contributed by atoms with E-state index in [0.29, 0.717) is 6.54 Å². The lowest BCUT2D eigenvalue weighted by molar-refractivity contribution is -0.133. The highest BCUT2D eigenvalue weighted by Gasteiger charge is 2.36. The van der Waals surface area contributed by atoms with Crippen molar-refractivity contribution in [3.8, 4) is 34.4 Å². The monoisotopic (exact) mass is 707 g/mol. The van der Waals surface area contributed by atoms with Gasteiger partial charge in [-0.05, 0) is 73.7 Å².